The first kappa shape index (κ1) is 10.8. The Balaban J connectivity index is 2.82. The summed E-state index contributed by atoms with van der Waals surface area (Å²) in [5.41, 5.74) is 2.48. The van der Waals surface area contributed by atoms with Gasteiger partial charge in [-0.2, -0.15) is 0 Å². The molecule has 0 saturated heterocycles. The molecule has 0 bridgehead atoms. The van der Waals surface area contributed by atoms with Gasteiger partial charge in [0.25, 0.3) is 0 Å². The van der Waals surface area contributed by atoms with E-state index < -0.39 is 0 Å². The van der Waals surface area contributed by atoms with Gasteiger partial charge in [-0.25, -0.2) is 0 Å². The third-order valence-corrected chi connectivity index (χ3v) is 2.53. The van der Waals surface area contributed by atoms with Crippen LogP contribution in [0, 0.1) is 0 Å². The minimum atomic E-state index is 0.795. The second kappa shape index (κ2) is 5.46. The molecule has 0 fully saturated rings. The number of hydrogen-bond donors (Lipinski definition) is 0. The summed E-state index contributed by atoms with van der Waals surface area (Å²) in [6.45, 7) is 2.11. The molecule has 2 heteroatoms. The van der Waals surface area contributed by atoms with E-state index in [1.54, 1.807) is 0 Å². The van der Waals surface area contributed by atoms with Crippen molar-refractivity contribution in [3.63, 3.8) is 0 Å². The second-order valence-corrected chi connectivity index (χ2v) is 4.10. The van der Waals surface area contributed by atoms with Crippen molar-refractivity contribution in [2.24, 2.45) is 0 Å². The molecule has 0 aromatic heterocycles. The van der Waals surface area contributed by atoms with E-state index in [9.17, 15) is 0 Å². The molecule has 0 atom stereocenters. The quantitative estimate of drug-likeness (QED) is 0.700. The molecule has 0 amide bonds. The van der Waals surface area contributed by atoms with E-state index in [0.29, 0.717) is 0 Å². The summed E-state index contributed by atoms with van der Waals surface area (Å²) in [7, 11) is 0. The Bertz CT molecular complexity index is 305. The molecule has 0 radical (unpaired) electrons. The van der Waals surface area contributed by atoms with E-state index in [1.807, 2.05) is 18.2 Å². The lowest BCUT2D eigenvalue weighted by Crippen LogP contribution is -1.79. The first-order valence-corrected chi connectivity index (χ1v) is 5.72. The molecule has 0 unspecified atom stereocenters. The van der Waals surface area contributed by atoms with Crippen molar-refractivity contribution in [3.8, 4) is 0 Å². The van der Waals surface area contributed by atoms with Gasteiger partial charge in [0.1, 0.15) is 0 Å². The predicted octanol–water partition coefficient (Wildman–Crippen LogP) is 4.53. The average molecular weight is 260 g/mol. The fourth-order valence-electron chi connectivity index (χ4n) is 1.12. The van der Waals surface area contributed by atoms with Crippen LogP contribution in [0.15, 0.2) is 30.3 Å². The largest absolute Gasteiger partial charge is 0.0925 e. The van der Waals surface area contributed by atoms with Gasteiger partial charge in [0.2, 0.25) is 0 Å². The molecule has 1 rings (SSSR count). The topological polar surface area (TPSA) is 0 Å². The normalized spacial score (nSPS) is 11.8. The van der Waals surface area contributed by atoms with E-state index in [0.717, 1.165) is 16.8 Å². The molecular weight excluding hydrogens is 247 g/mol. The van der Waals surface area contributed by atoms with E-state index in [2.05, 4.69) is 35.0 Å². The SMILES string of the molecule is CC(=CCCBr)c1cccc(Cl)c1. The van der Waals surface area contributed by atoms with Crippen LogP contribution in [0.2, 0.25) is 5.02 Å². The summed E-state index contributed by atoms with van der Waals surface area (Å²) in [5, 5.41) is 1.80. The summed E-state index contributed by atoms with van der Waals surface area (Å²) in [6, 6.07) is 7.93. The lowest BCUT2D eigenvalue weighted by atomic mass is 10.1. The molecule has 0 aliphatic rings. The van der Waals surface area contributed by atoms with Crippen molar-refractivity contribution < 1.29 is 0 Å². The van der Waals surface area contributed by atoms with Crippen molar-refractivity contribution in [3.05, 3.63) is 40.9 Å². The van der Waals surface area contributed by atoms with Crippen molar-refractivity contribution >= 4 is 33.1 Å². The maximum atomic E-state index is 5.89. The van der Waals surface area contributed by atoms with Crippen molar-refractivity contribution in [1.82, 2.24) is 0 Å². The maximum absolute atomic E-state index is 5.89. The third-order valence-electron chi connectivity index (χ3n) is 1.84. The number of allylic oxidation sites excluding steroid dienone is 2. The fourth-order valence-corrected chi connectivity index (χ4v) is 1.54. The highest BCUT2D eigenvalue weighted by Gasteiger charge is 1.95. The first-order valence-electron chi connectivity index (χ1n) is 4.22. The summed E-state index contributed by atoms with van der Waals surface area (Å²) in [4.78, 5) is 0. The zero-order chi connectivity index (χ0) is 9.68. The number of hydrogen-bond acceptors (Lipinski definition) is 0. The standard InChI is InChI=1S/C11H12BrCl/c1-9(4-3-7-12)10-5-2-6-11(13)8-10/h2,4-6,8H,3,7H2,1H3. The molecular formula is C11H12BrCl. The first-order chi connectivity index (χ1) is 6.24. The number of rotatable bonds is 3. The zero-order valence-corrected chi connectivity index (χ0v) is 9.90. The number of halogens is 2. The minimum absolute atomic E-state index is 0.795. The smallest absolute Gasteiger partial charge is 0.0412 e. The summed E-state index contributed by atoms with van der Waals surface area (Å²) in [6.07, 6.45) is 3.26. The molecule has 0 aliphatic heterocycles. The van der Waals surface area contributed by atoms with Crippen LogP contribution in [0.1, 0.15) is 18.9 Å². The minimum Gasteiger partial charge on any atom is -0.0925 e. The van der Waals surface area contributed by atoms with Crippen LogP contribution in [0.25, 0.3) is 5.57 Å². The van der Waals surface area contributed by atoms with Crippen LogP contribution < -0.4 is 0 Å². The van der Waals surface area contributed by atoms with E-state index in [1.165, 1.54) is 11.1 Å². The number of benzene rings is 1. The predicted molar refractivity (Wildman–Crippen MR) is 63.5 cm³/mol. The number of alkyl halides is 1. The summed E-state index contributed by atoms with van der Waals surface area (Å²) >= 11 is 9.28. The Morgan fingerprint density at radius 1 is 1.54 bits per heavy atom. The van der Waals surface area contributed by atoms with Crippen molar-refractivity contribution in [2.45, 2.75) is 13.3 Å². The molecule has 1 aromatic carbocycles. The highest BCUT2D eigenvalue weighted by Crippen LogP contribution is 2.18. The van der Waals surface area contributed by atoms with Gasteiger partial charge in [0.05, 0.1) is 0 Å². The van der Waals surface area contributed by atoms with Crippen LogP contribution in [0.3, 0.4) is 0 Å². The monoisotopic (exact) mass is 258 g/mol. The van der Waals surface area contributed by atoms with Crippen LogP contribution in [-0.4, -0.2) is 5.33 Å². The highest BCUT2D eigenvalue weighted by molar-refractivity contribution is 9.09. The Kier molecular flexibility index (Phi) is 4.54. The van der Waals surface area contributed by atoms with Crippen LogP contribution in [0.4, 0.5) is 0 Å². The van der Waals surface area contributed by atoms with Crippen LogP contribution in [-0.2, 0) is 0 Å². The molecule has 0 N–H and O–H groups in total. The van der Waals surface area contributed by atoms with E-state index in [4.69, 9.17) is 11.6 Å². The van der Waals surface area contributed by atoms with Gasteiger partial charge < -0.3 is 0 Å². The van der Waals surface area contributed by atoms with Gasteiger partial charge in [-0.3, -0.25) is 0 Å². The molecule has 1 aromatic rings. The van der Waals surface area contributed by atoms with Gasteiger partial charge in [-0.15, -0.1) is 0 Å². The molecule has 0 nitrogen and oxygen atoms in total. The van der Waals surface area contributed by atoms with Crippen molar-refractivity contribution in [1.29, 1.82) is 0 Å². The van der Waals surface area contributed by atoms with E-state index >= 15 is 0 Å². The van der Waals surface area contributed by atoms with Gasteiger partial charge in [-0.05, 0) is 36.6 Å². The molecule has 0 aliphatic carbocycles. The molecule has 70 valence electrons. The zero-order valence-electron chi connectivity index (χ0n) is 7.56. The second-order valence-electron chi connectivity index (χ2n) is 2.88. The fraction of sp³-hybridized carbons (Fsp3) is 0.273. The average Bonchev–Trinajstić information content (AvgIpc) is 2.14. The van der Waals surface area contributed by atoms with Gasteiger partial charge in [-0.1, -0.05) is 45.7 Å². The van der Waals surface area contributed by atoms with Crippen LogP contribution >= 0.6 is 27.5 Å². The Labute approximate surface area is 92.7 Å². The van der Waals surface area contributed by atoms with Crippen LogP contribution in [0.5, 0.6) is 0 Å². The lowest BCUT2D eigenvalue weighted by Gasteiger charge is -2.01. The Morgan fingerprint density at radius 2 is 2.31 bits per heavy atom. The third kappa shape index (κ3) is 3.53. The molecule has 0 spiro atoms. The summed E-state index contributed by atoms with van der Waals surface area (Å²) in [5.74, 6) is 0. The van der Waals surface area contributed by atoms with Gasteiger partial charge in [0, 0.05) is 10.4 Å². The van der Waals surface area contributed by atoms with Crippen molar-refractivity contribution in [2.75, 3.05) is 5.33 Å². The highest BCUT2D eigenvalue weighted by atomic mass is 79.9. The van der Waals surface area contributed by atoms with E-state index in [-0.39, 0.29) is 0 Å². The maximum Gasteiger partial charge on any atom is 0.0412 e. The van der Waals surface area contributed by atoms with Gasteiger partial charge in [0.15, 0.2) is 0 Å². The molecule has 0 saturated carbocycles. The Hall–Kier alpha value is -0.270. The lowest BCUT2D eigenvalue weighted by molar-refractivity contribution is 1.26. The summed E-state index contributed by atoms with van der Waals surface area (Å²) < 4.78 is 0. The molecule has 13 heavy (non-hydrogen) atoms. The molecule has 0 heterocycles. The van der Waals surface area contributed by atoms with Gasteiger partial charge >= 0.3 is 0 Å². The Morgan fingerprint density at radius 3 is 2.92 bits per heavy atom.